The number of rotatable bonds is 0. The van der Waals surface area contributed by atoms with Crippen LogP contribution in [0.15, 0.2) is 11.6 Å². The maximum absolute atomic E-state index is 2.49. The molecule has 1 spiro atoms. The van der Waals surface area contributed by atoms with Crippen LogP contribution in [0, 0.1) is 5.41 Å². The molecule has 2 aliphatic carbocycles. The Hall–Kier alpha value is -0.260. The molecule has 0 bridgehead atoms. The monoisotopic (exact) mass is 164 g/mol. The number of allylic oxidation sites excluding steroid dienone is 2. The highest BCUT2D eigenvalue weighted by atomic mass is 14.4. The molecule has 0 N–H and O–H groups in total. The van der Waals surface area contributed by atoms with Crippen LogP contribution in [0.4, 0.5) is 0 Å². The van der Waals surface area contributed by atoms with E-state index in [2.05, 4.69) is 13.0 Å². The van der Waals surface area contributed by atoms with E-state index in [1.54, 1.807) is 5.57 Å². The van der Waals surface area contributed by atoms with Gasteiger partial charge in [0.15, 0.2) is 0 Å². The van der Waals surface area contributed by atoms with E-state index < -0.39 is 0 Å². The Morgan fingerprint density at radius 3 is 2.42 bits per heavy atom. The van der Waals surface area contributed by atoms with E-state index in [-0.39, 0.29) is 0 Å². The fourth-order valence-corrected chi connectivity index (χ4v) is 2.81. The van der Waals surface area contributed by atoms with E-state index in [1.807, 2.05) is 0 Å². The summed E-state index contributed by atoms with van der Waals surface area (Å²) in [6, 6.07) is 0. The fraction of sp³-hybridized carbons (Fsp3) is 0.833. The summed E-state index contributed by atoms with van der Waals surface area (Å²) in [6.07, 6.45) is 14.2. The molecule has 12 heavy (non-hydrogen) atoms. The third-order valence-electron chi connectivity index (χ3n) is 3.85. The van der Waals surface area contributed by atoms with Crippen molar-refractivity contribution in [3.63, 3.8) is 0 Å². The van der Waals surface area contributed by atoms with Crippen LogP contribution in [0.3, 0.4) is 0 Å². The summed E-state index contributed by atoms with van der Waals surface area (Å²) >= 11 is 0. The molecule has 0 aliphatic heterocycles. The smallest absolute Gasteiger partial charge is 0.0260 e. The van der Waals surface area contributed by atoms with E-state index in [4.69, 9.17) is 0 Å². The van der Waals surface area contributed by atoms with Gasteiger partial charge in [0.05, 0.1) is 0 Å². The number of hydrogen-bond acceptors (Lipinski definition) is 0. The first-order chi connectivity index (χ1) is 5.81. The van der Waals surface area contributed by atoms with Crippen molar-refractivity contribution in [3.8, 4) is 0 Å². The molecule has 68 valence electrons. The first-order valence-electron chi connectivity index (χ1n) is 5.46. The Bertz CT molecular complexity index is 182. The van der Waals surface area contributed by atoms with Crippen LogP contribution in [-0.2, 0) is 0 Å². The molecule has 0 saturated heterocycles. The Balaban J connectivity index is 2.02. The molecule has 2 rings (SSSR count). The lowest BCUT2D eigenvalue weighted by Crippen LogP contribution is -2.25. The molecule has 0 nitrogen and oxygen atoms in total. The minimum Gasteiger partial charge on any atom is -0.0851 e. The summed E-state index contributed by atoms with van der Waals surface area (Å²) in [5.74, 6) is 0. The summed E-state index contributed by atoms with van der Waals surface area (Å²) < 4.78 is 0. The zero-order chi connectivity index (χ0) is 8.44. The standard InChI is InChI=1S/C12H20/c1-11-5-9-12(10-6-11)7-3-2-4-8-12/h5H,2-4,6-10H2,1H3. The second kappa shape index (κ2) is 3.24. The van der Waals surface area contributed by atoms with Crippen molar-refractivity contribution in [2.24, 2.45) is 5.41 Å². The Morgan fingerprint density at radius 2 is 1.83 bits per heavy atom. The summed E-state index contributed by atoms with van der Waals surface area (Å²) in [5.41, 5.74) is 2.39. The SMILES string of the molecule is CC1=CCC2(CCCCC2)CC1. The highest BCUT2D eigenvalue weighted by Crippen LogP contribution is 2.46. The van der Waals surface area contributed by atoms with Gasteiger partial charge in [0.1, 0.15) is 0 Å². The molecule has 0 unspecified atom stereocenters. The second-order valence-electron chi connectivity index (χ2n) is 4.82. The summed E-state index contributed by atoms with van der Waals surface area (Å²) in [6.45, 7) is 2.29. The zero-order valence-electron chi connectivity index (χ0n) is 8.23. The molecule has 0 radical (unpaired) electrons. The first kappa shape index (κ1) is 8.34. The third kappa shape index (κ3) is 1.57. The van der Waals surface area contributed by atoms with Gasteiger partial charge in [0.2, 0.25) is 0 Å². The van der Waals surface area contributed by atoms with E-state index in [1.165, 1.54) is 51.4 Å². The second-order valence-corrected chi connectivity index (χ2v) is 4.82. The van der Waals surface area contributed by atoms with E-state index in [0.717, 1.165) is 5.41 Å². The van der Waals surface area contributed by atoms with Crippen LogP contribution < -0.4 is 0 Å². The van der Waals surface area contributed by atoms with Gasteiger partial charge in [-0.05, 0) is 44.4 Å². The fourth-order valence-electron chi connectivity index (χ4n) is 2.81. The van der Waals surface area contributed by atoms with Gasteiger partial charge in [-0.3, -0.25) is 0 Å². The highest BCUT2D eigenvalue weighted by Gasteiger charge is 2.32. The van der Waals surface area contributed by atoms with Crippen LogP contribution in [0.1, 0.15) is 58.3 Å². The zero-order valence-corrected chi connectivity index (χ0v) is 8.23. The molecule has 0 aromatic heterocycles. The maximum atomic E-state index is 2.49. The molecular weight excluding hydrogens is 144 g/mol. The molecular formula is C12H20. The average molecular weight is 164 g/mol. The Kier molecular flexibility index (Phi) is 2.25. The quantitative estimate of drug-likeness (QED) is 0.473. The van der Waals surface area contributed by atoms with Gasteiger partial charge in [-0.25, -0.2) is 0 Å². The average Bonchev–Trinajstić information content (AvgIpc) is 2.13. The topological polar surface area (TPSA) is 0 Å². The van der Waals surface area contributed by atoms with Gasteiger partial charge in [-0.15, -0.1) is 0 Å². The van der Waals surface area contributed by atoms with Crippen molar-refractivity contribution in [2.45, 2.75) is 58.3 Å². The molecule has 0 heterocycles. The largest absolute Gasteiger partial charge is 0.0851 e. The molecule has 0 aromatic rings. The lowest BCUT2D eigenvalue weighted by atomic mass is 9.66. The molecule has 1 fully saturated rings. The van der Waals surface area contributed by atoms with Gasteiger partial charge in [-0.1, -0.05) is 30.9 Å². The van der Waals surface area contributed by atoms with Crippen molar-refractivity contribution in [2.75, 3.05) is 0 Å². The van der Waals surface area contributed by atoms with Crippen molar-refractivity contribution in [1.29, 1.82) is 0 Å². The summed E-state index contributed by atoms with van der Waals surface area (Å²) in [5, 5.41) is 0. The van der Waals surface area contributed by atoms with Crippen LogP contribution in [-0.4, -0.2) is 0 Å². The lowest BCUT2D eigenvalue weighted by molar-refractivity contribution is 0.168. The third-order valence-corrected chi connectivity index (χ3v) is 3.85. The lowest BCUT2D eigenvalue weighted by Gasteiger charge is -2.39. The maximum Gasteiger partial charge on any atom is -0.0260 e. The molecule has 0 heteroatoms. The van der Waals surface area contributed by atoms with Gasteiger partial charge in [-0.2, -0.15) is 0 Å². The predicted molar refractivity (Wildman–Crippen MR) is 53.1 cm³/mol. The van der Waals surface area contributed by atoms with Crippen molar-refractivity contribution < 1.29 is 0 Å². The molecule has 2 aliphatic rings. The first-order valence-corrected chi connectivity index (χ1v) is 5.46. The van der Waals surface area contributed by atoms with Gasteiger partial charge >= 0.3 is 0 Å². The Labute approximate surface area is 76.1 Å². The van der Waals surface area contributed by atoms with E-state index in [9.17, 15) is 0 Å². The minimum atomic E-state index is 0.762. The van der Waals surface area contributed by atoms with Crippen molar-refractivity contribution in [3.05, 3.63) is 11.6 Å². The molecule has 0 amide bonds. The van der Waals surface area contributed by atoms with Crippen molar-refractivity contribution in [1.82, 2.24) is 0 Å². The number of hydrogen-bond donors (Lipinski definition) is 0. The van der Waals surface area contributed by atoms with Crippen LogP contribution in [0.5, 0.6) is 0 Å². The van der Waals surface area contributed by atoms with Gasteiger partial charge in [0.25, 0.3) is 0 Å². The molecule has 1 saturated carbocycles. The normalized spacial score (nSPS) is 28.6. The van der Waals surface area contributed by atoms with E-state index in [0.29, 0.717) is 0 Å². The van der Waals surface area contributed by atoms with Crippen LogP contribution in [0.25, 0.3) is 0 Å². The highest BCUT2D eigenvalue weighted by molar-refractivity contribution is 5.07. The minimum absolute atomic E-state index is 0.762. The van der Waals surface area contributed by atoms with Gasteiger partial charge in [0, 0.05) is 0 Å². The summed E-state index contributed by atoms with van der Waals surface area (Å²) in [4.78, 5) is 0. The Morgan fingerprint density at radius 1 is 1.08 bits per heavy atom. The molecule has 0 aromatic carbocycles. The van der Waals surface area contributed by atoms with E-state index >= 15 is 0 Å². The van der Waals surface area contributed by atoms with Crippen molar-refractivity contribution >= 4 is 0 Å². The van der Waals surface area contributed by atoms with Crippen LogP contribution in [0.2, 0.25) is 0 Å². The van der Waals surface area contributed by atoms with Gasteiger partial charge < -0.3 is 0 Å². The van der Waals surface area contributed by atoms with Crippen LogP contribution >= 0.6 is 0 Å². The summed E-state index contributed by atoms with van der Waals surface area (Å²) in [7, 11) is 0. The predicted octanol–water partition coefficient (Wildman–Crippen LogP) is 4.07. The molecule has 0 atom stereocenters.